The Morgan fingerprint density at radius 1 is 1.17 bits per heavy atom. The van der Waals surface area contributed by atoms with Gasteiger partial charge in [0.1, 0.15) is 5.82 Å². The van der Waals surface area contributed by atoms with Crippen molar-refractivity contribution in [3.05, 3.63) is 58.8 Å². The van der Waals surface area contributed by atoms with Crippen LogP contribution in [-0.2, 0) is 17.1 Å². The number of hydrogen-bond donors (Lipinski definition) is 2. The number of nitrogens with one attached hydrogen (secondary N) is 2. The fraction of sp³-hybridized carbons (Fsp3) is 0.273. The van der Waals surface area contributed by atoms with Gasteiger partial charge in [-0.25, -0.2) is 13.4 Å². The molecule has 0 spiro atoms. The first-order valence-corrected chi connectivity index (χ1v) is 11.6. The highest BCUT2D eigenvalue weighted by Gasteiger charge is 2.29. The van der Waals surface area contributed by atoms with E-state index >= 15 is 0 Å². The fourth-order valence-electron chi connectivity index (χ4n) is 3.96. The number of pyridine rings is 1. The second-order valence-corrected chi connectivity index (χ2v) is 9.79. The van der Waals surface area contributed by atoms with Crippen LogP contribution in [-0.4, -0.2) is 28.7 Å². The van der Waals surface area contributed by atoms with Gasteiger partial charge in [-0.05, 0) is 43.4 Å². The van der Waals surface area contributed by atoms with E-state index in [1.165, 1.54) is 0 Å². The van der Waals surface area contributed by atoms with E-state index in [4.69, 9.17) is 4.98 Å². The molecule has 1 aliphatic carbocycles. The van der Waals surface area contributed by atoms with E-state index in [0.29, 0.717) is 17.0 Å². The van der Waals surface area contributed by atoms with Crippen LogP contribution in [0.2, 0.25) is 0 Å². The summed E-state index contributed by atoms with van der Waals surface area (Å²) in [5, 5.41) is 1.39. The molecule has 8 heteroatoms. The van der Waals surface area contributed by atoms with E-state index in [2.05, 4.69) is 9.71 Å². The first kappa shape index (κ1) is 18.9. The molecule has 1 fully saturated rings. The Labute approximate surface area is 173 Å². The molecular formula is C22H22N4O3S. The first-order chi connectivity index (χ1) is 14.4. The predicted octanol–water partition coefficient (Wildman–Crippen LogP) is 3.72. The highest BCUT2D eigenvalue weighted by atomic mass is 32.2. The highest BCUT2D eigenvalue weighted by Crippen LogP contribution is 2.42. The maximum Gasteiger partial charge on any atom is 0.255 e. The normalized spacial score (nSPS) is 14.5. The lowest BCUT2D eigenvalue weighted by atomic mass is 9.99. The van der Waals surface area contributed by atoms with Gasteiger partial charge in [0, 0.05) is 35.7 Å². The first-order valence-electron chi connectivity index (χ1n) is 9.99. The van der Waals surface area contributed by atoms with Gasteiger partial charge in [-0.15, -0.1) is 0 Å². The molecule has 0 amide bonds. The average Bonchev–Trinajstić information content (AvgIpc) is 3.52. The third-order valence-electron chi connectivity index (χ3n) is 5.72. The molecule has 1 saturated carbocycles. The number of aromatic amines is 1. The lowest BCUT2D eigenvalue weighted by Crippen LogP contribution is -2.14. The minimum absolute atomic E-state index is 0.0132. The van der Waals surface area contributed by atoms with Crippen molar-refractivity contribution in [3.8, 4) is 11.1 Å². The largest absolute Gasteiger partial charge is 0.331 e. The van der Waals surface area contributed by atoms with Crippen molar-refractivity contribution in [3.63, 3.8) is 0 Å². The summed E-state index contributed by atoms with van der Waals surface area (Å²) >= 11 is 0. The zero-order valence-corrected chi connectivity index (χ0v) is 17.6. The summed E-state index contributed by atoms with van der Waals surface area (Å²) in [6.45, 7) is 1.60. The van der Waals surface area contributed by atoms with Crippen LogP contribution in [0.25, 0.3) is 32.9 Å². The number of aryl methyl sites for hydroxylation is 1. The van der Waals surface area contributed by atoms with Gasteiger partial charge in [0.05, 0.1) is 22.5 Å². The van der Waals surface area contributed by atoms with Gasteiger partial charge in [-0.2, -0.15) is 0 Å². The maximum absolute atomic E-state index is 12.3. The van der Waals surface area contributed by atoms with E-state index in [0.717, 1.165) is 46.2 Å². The number of imidazole rings is 1. The Balaban J connectivity index is 1.84. The van der Waals surface area contributed by atoms with E-state index < -0.39 is 10.0 Å². The summed E-state index contributed by atoms with van der Waals surface area (Å²) in [4.78, 5) is 20.1. The van der Waals surface area contributed by atoms with Crippen LogP contribution in [0.1, 0.15) is 31.5 Å². The summed E-state index contributed by atoms with van der Waals surface area (Å²) < 4.78 is 29.2. The molecule has 30 heavy (non-hydrogen) atoms. The minimum atomic E-state index is -3.44. The van der Waals surface area contributed by atoms with Crippen LogP contribution >= 0.6 is 0 Å². The number of nitrogens with zero attached hydrogens (tertiary/aromatic N) is 2. The molecule has 5 rings (SSSR count). The van der Waals surface area contributed by atoms with Crippen molar-refractivity contribution in [2.75, 3.05) is 10.5 Å². The Morgan fingerprint density at radius 3 is 2.60 bits per heavy atom. The maximum atomic E-state index is 12.3. The number of anilines is 1. The zero-order chi connectivity index (χ0) is 21.0. The molecule has 0 saturated heterocycles. The van der Waals surface area contributed by atoms with Crippen molar-refractivity contribution in [1.82, 2.24) is 14.5 Å². The number of hydrogen-bond acceptors (Lipinski definition) is 4. The molecule has 2 heterocycles. The summed E-state index contributed by atoms with van der Waals surface area (Å²) in [7, 11) is -1.47. The second-order valence-electron chi connectivity index (χ2n) is 7.78. The van der Waals surface area contributed by atoms with E-state index in [1.54, 1.807) is 25.3 Å². The standard InChI is InChI=1S/C22H22N4O3S/c1-3-30(28,29)25-14-10-17(18-12-23-22(27)16-7-5-4-6-15(16)18)20-19(11-14)26(2)21(24-20)13-8-9-13/h4-7,10-13,25H,3,8-9H2,1-2H3,(H,23,27). The van der Waals surface area contributed by atoms with Gasteiger partial charge in [-0.3, -0.25) is 9.52 Å². The van der Waals surface area contributed by atoms with Crippen molar-refractivity contribution in [2.45, 2.75) is 25.7 Å². The summed E-state index contributed by atoms with van der Waals surface area (Å²) in [5.41, 5.74) is 3.59. The Kier molecular flexibility index (Phi) is 4.21. The molecule has 0 bridgehead atoms. The van der Waals surface area contributed by atoms with Gasteiger partial charge in [0.15, 0.2) is 0 Å². The molecule has 0 radical (unpaired) electrons. The number of sulfonamides is 1. The van der Waals surface area contributed by atoms with E-state index in [-0.39, 0.29) is 11.3 Å². The van der Waals surface area contributed by atoms with Crippen LogP contribution < -0.4 is 10.3 Å². The molecule has 7 nitrogen and oxygen atoms in total. The smallest absolute Gasteiger partial charge is 0.255 e. The number of aromatic nitrogens is 3. The molecule has 2 aromatic heterocycles. The van der Waals surface area contributed by atoms with Crippen LogP contribution in [0.3, 0.4) is 0 Å². The quantitative estimate of drug-likeness (QED) is 0.512. The summed E-state index contributed by atoms with van der Waals surface area (Å²) in [5.74, 6) is 1.44. The second kappa shape index (κ2) is 6.70. The van der Waals surface area contributed by atoms with Crippen LogP contribution in [0.4, 0.5) is 5.69 Å². The molecule has 154 valence electrons. The van der Waals surface area contributed by atoms with Gasteiger partial charge in [-0.1, -0.05) is 18.2 Å². The van der Waals surface area contributed by atoms with Crippen molar-refractivity contribution < 1.29 is 8.42 Å². The topological polar surface area (TPSA) is 96.8 Å². The zero-order valence-electron chi connectivity index (χ0n) is 16.8. The van der Waals surface area contributed by atoms with Gasteiger partial charge in [0.25, 0.3) is 5.56 Å². The third kappa shape index (κ3) is 3.08. The van der Waals surface area contributed by atoms with Crippen LogP contribution in [0.15, 0.2) is 47.4 Å². The Bertz CT molecular complexity index is 1460. The predicted molar refractivity (Wildman–Crippen MR) is 119 cm³/mol. The third-order valence-corrected chi connectivity index (χ3v) is 7.02. The Hall–Kier alpha value is -3.13. The van der Waals surface area contributed by atoms with E-state index in [9.17, 15) is 13.2 Å². The molecule has 0 unspecified atom stereocenters. The summed E-state index contributed by atoms with van der Waals surface area (Å²) in [6, 6.07) is 11.0. The SMILES string of the molecule is CCS(=O)(=O)Nc1cc(-c2c[nH]c(=O)c3ccccc23)c2nc(C3CC3)n(C)c2c1. The molecular weight excluding hydrogens is 400 g/mol. The van der Waals surface area contributed by atoms with Gasteiger partial charge < -0.3 is 9.55 Å². The van der Waals surface area contributed by atoms with Crippen molar-refractivity contribution in [2.24, 2.45) is 7.05 Å². The molecule has 1 aliphatic rings. The van der Waals surface area contributed by atoms with Crippen LogP contribution in [0.5, 0.6) is 0 Å². The molecule has 4 aromatic rings. The molecule has 0 aliphatic heterocycles. The Morgan fingerprint density at radius 2 is 1.90 bits per heavy atom. The van der Waals surface area contributed by atoms with Crippen molar-refractivity contribution in [1.29, 1.82) is 0 Å². The molecule has 0 atom stereocenters. The van der Waals surface area contributed by atoms with Gasteiger partial charge in [0.2, 0.25) is 10.0 Å². The molecule has 2 N–H and O–H groups in total. The lowest BCUT2D eigenvalue weighted by Gasteiger charge is -2.12. The van der Waals surface area contributed by atoms with Crippen molar-refractivity contribution >= 4 is 37.5 Å². The highest BCUT2D eigenvalue weighted by molar-refractivity contribution is 7.92. The lowest BCUT2D eigenvalue weighted by molar-refractivity contribution is 0.602. The summed E-state index contributed by atoms with van der Waals surface area (Å²) in [6.07, 6.45) is 3.91. The minimum Gasteiger partial charge on any atom is -0.331 e. The average molecular weight is 423 g/mol. The number of rotatable bonds is 5. The van der Waals surface area contributed by atoms with Crippen LogP contribution in [0, 0.1) is 0 Å². The number of H-pyrrole nitrogens is 1. The monoisotopic (exact) mass is 422 g/mol. The molecule has 2 aromatic carbocycles. The van der Waals surface area contributed by atoms with E-state index in [1.807, 2.05) is 35.9 Å². The van der Waals surface area contributed by atoms with Gasteiger partial charge >= 0.3 is 0 Å². The number of benzene rings is 2. The fourth-order valence-corrected chi connectivity index (χ4v) is 4.58. The number of fused-ring (bicyclic) bond motifs is 2.